The fourth-order valence-electron chi connectivity index (χ4n) is 12.9. The van der Waals surface area contributed by atoms with Crippen molar-refractivity contribution in [2.24, 2.45) is 0 Å². The molecule has 0 amide bonds. The van der Waals surface area contributed by atoms with Gasteiger partial charge in [-0.25, -0.2) is 0 Å². The SMILES string of the molecule is c1ccc(-c2ccc(N(c3ccc4c(c3)C(c3ccccc3)(c3ccccc3)c3ccccc3-4)c3ccccc3-c3cccc4c3-c3ccccc3C4(c3ccccc3)c3cccc(-c4ccccc4)c3)cc2)cc1. The molecule has 0 saturated carbocycles. The standard InChI is InChI=1S/C74H51N/c1-6-24-52(25-7-1)54-44-46-60(47-45-54)75(61-48-49-63-62-36-16-19-40-67(62)73(70(63)51-61,56-29-10-3-11-30-56)57-31-12-4-13-32-57)71-43-21-18-37-64(71)65-39-23-42-69-72(65)66-38-17-20-41-68(66)74(69,58-33-14-5-15-34-58)59-35-22-28-55(50-59)53-26-8-2-9-27-53/h1-51H. The highest BCUT2D eigenvalue weighted by Crippen LogP contribution is 2.61. The zero-order valence-corrected chi connectivity index (χ0v) is 41.4. The summed E-state index contributed by atoms with van der Waals surface area (Å²) in [6, 6.07) is 115. The van der Waals surface area contributed by atoms with E-state index in [0.717, 1.165) is 22.6 Å². The van der Waals surface area contributed by atoms with Crippen molar-refractivity contribution in [1.29, 1.82) is 0 Å². The van der Waals surface area contributed by atoms with Gasteiger partial charge in [-0.2, -0.15) is 0 Å². The Morgan fingerprint density at radius 2 is 0.613 bits per heavy atom. The normalized spacial score (nSPS) is 14.6. The monoisotopic (exact) mass is 953 g/mol. The van der Waals surface area contributed by atoms with E-state index in [-0.39, 0.29) is 0 Å². The molecule has 0 N–H and O–H groups in total. The number of hydrogen-bond acceptors (Lipinski definition) is 1. The first-order valence-corrected chi connectivity index (χ1v) is 26.1. The van der Waals surface area contributed by atoms with Crippen molar-refractivity contribution >= 4 is 17.1 Å². The fourth-order valence-corrected chi connectivity index (χ4v) is 12.9. The lowest BCUT2D eigenvalue weighted by atomic mass is 9.67. The molecule has 352 valence electrons. The number of hydrogen-bond donors (Lipinski definition) is 0. The molecule has 12 aromatic carbocycles. The van der Waals surface area contributed by atoms with Crippen molar-refractivity contribution in [3.05, 3.63) is 354 Å². The van der Waals surface area contributed by atoms with Crippen LogP contribution in [0.1, 0.15) is 44.5 Å². The molecule has 12 aromatic rings. The highest BCUT2D eigenvalue weighted by molar-refractivity contribution is 6.00. The first kappa shape index (κ1) is 44.2. The van der Waals surface area contributed by atoms with Crippen molar-refractivity contribution < 1.29 is 0 Å². The number of rotatable bonds is 10. The third kappa shape index (κ3) is 6.93. The van der Waals surface area contributed by atoms with Crippen LogP contribution in [-0.2, 0) is 10.8 Å². The molecule has 2 aliphatic carbocycles. The lowest BCUT2D eigenvalue weighted by molar-refractivity contribution is 0.768. The van der Waals surface area contributed by atoms with Crippen LogP contribution in [0.25, 0.3) is 55.6 Å². The Morgan fingerprint density at radius 3 is 1.24 bits per heavy atom. The Labute approximate surface area is 440 Å². The maximum Gasteiger partial charge on any atom is 0.0714 e. The summed E-state index contributed by atoms with van der Waals surface area (Å²) in [4.78, 5) is 2.50. The van der Waals surface area contributed by atoms with Crippen LogP contribution in [0.15, 0.2) is 309 Å². The smallest absolute Gasteiger partial charge is 0.0714 e. The summed E-state index contributed by atoms with van der Waals surface area (Å²) in [5.74, 6) is 0. The van der Waals surface area contributed by atoms with Gasteiger partial charge in [-0.1, -0.05) is 273 Å². The number of fused-ring (bicyclic) bond motifs is 6. The lowest BCUT2D eigenvalue weighted by Gasteiger charge is -2.35. The van der Waals surface area contributed by atoms with Crippen LogP contribution in [-0.4, -0.2) is 0 Å². The van der Waals surface area contributed by atoms with Gasteiger partial charge in [-0.3, -0.25) is 0 Å². The quantitative estimate of drug-likeness (QED) is 0.132. The lowest BCUT2D eigenvalue weighted by Crippen LogP contribution is -2.28. The van der Waals surface area contributed by atoms with Crippen LogP contribution >= 0.6 is 0 Å². The van der Waals surface area contributed by atoms with Crippen LogP contribution in [0.2, 0.25) is 0 Å². The van der Waals surface area contributed by atoms with Gasteiger partial charge in [-0.15, -0.1) is 0 Å². The van der Waals surface area contributed by atoms with Gasteiger partial charge in [0.2, 0.25) is 0 Å². The number of benzene rings is 12. The van der Waals surface area contributed by atoms with Crippen molar-refractivity contribution in [3.8, 4) is 55.6 Å². The van der Waals surface area contributed by atoms with Crippen LogP contribution in [0.3, 0.4) is 0 Å². The molecule has 0 aliphatic heterocycles. The zero-order valence-electron chi connectivity index (χ0n) is 41.4. The van der Waals surface area contributed by atoms with Gasteiger partial charge in [0, 0.05) is 16.9 Å². The van der Waals surface area contributed by atoms with E-state index in [2.05, 4.69) is 314 Å². The fraction of sp³-hybridized carbons (Fsp3) is 0.0270. The minimum atomic E-state index is -0.594. The van der Waals surface area contributed by atoms with Crippen LogP contribution in [0, 0.1) is 0 Å². The third-order valence-corrected chi connectivity index (χ3v) is 16.0. The molecule has 0 bridgehead atoms. The average Bonchev–Trinajstić information content (AvgIpc) is 3.98. The van der Waals surface area contributed by atoms with E-state index >= 15 is 0 Å². The molecular formula is C74H51N. The molecule has 0 fully saturated rings. The molecule has 1 nitrogen and oxygen atoms in total. The van der Waals surface area contributed by atoms with Gasteiger partial charge in [0.1, 0.15) is 0 Å². The third-order valence-electron chi connectivity index (χ3n) is 16.0. The minimum Gasteiger partial charge on any atom is -0.310 e. The predicted molar refractivity (Wildman–Crippen MR) is 312 cm³/mol. The zero-order chi connectivity index (χ0) is 49.8. The summed E-state index contributed by atoms with van der Waals surface area (Å²) in [5, 5.41) is 0. The van der Waals surface area contributed by atoms with E-state index in [9.17, 15) is 0 Å². The molecule has 1 atom stereocenters. The van der Waals surface area contributed by atoms with Crippen molar-refractivity contribution in [3.63, 3.8) is 0 Å². The van der Waals surface area contributed by atoms with Gasteiger partial charge in [0.25, 0.3) is 0 Å². The Kier molecular flexibility index (Phi) is 10.7. The first-order chi connectivity index (χ1) is 37.2. The van der Waals surface area contributed by atoms with Crippen molar-refractivity contribution in [1.82, 2.24) is 0 Å². The molecule has 2 aliphatic rings. The topological polar surface area (TPSA) is 3.24 Å². The summed E-state index contributed by atoms with van der Waals surface area (Å²) in [7, 11) is 0. The second-order valence-corrected chi connectivity index (χ2v) is 19.9. The molecule has 0 saturated heterocycles. The maximum absolute atomic E-state index is 2.50. The number of anilines is 3. The summed E-state index contributed by atoms with van der Waals surface area (Å²) >= 11 is 0. The maximum atomic E-state index is 2.50. The van der Waals surface area contributed by atoms with Crippen LogP contribution in [0.5, 0.6) is 0 Å². The summed E-state index contributed by atoms with van der Waals surface area (Å²) in [6.45, 7) is 0. The Bertz CT molecular complexity index is 3990. The predicted octanol–water partition coefficient (Wildman–Crippen LogP) is 18.9. The molecule has 1 unspecified atom stereocenters. The van der Waals surface area contributed by atoms with E-state index < -0.39 is 10.8 Å². The molecule has 14 rings (SSSR count). The summed E-state index contributed by atoms with van der Waals surface area (Å²) in [5.41, 5.74) is 24.3. The first-order valence-electron chi connectivity index (χ1n) is 26.1. The van der Waals surface area contributed by atoms with E-state index in [1.807, 2.05) is 0 Å². The largest absolute Gasteiger partial charge is 0.310 e. The van der Waals surface area contributed by atoms with Crippen molar-refractivity contribution in [2.75, 3.05) is 4.90 Å². The molecule has 0 radical (unpaired) electrons. The van der Waals surface area contributed by atoms with Gasteiger partial charge < -0.3 is 4.90 Å². The van der Waals surface area contributed by atoms with E-state index in [4.69, 9.17) is 0 Å². The summed E-state index contributed by atoms with van der Waals surface area (Å²) < 4.78 is 0. The molecular weight excluding hydrogens is 903 g/mol. The van der Waals surface area contributed by atoms with E-state index in [1.54, 1.807) is 0 Å². The van der Waals surface area contributed by atoms with E-state index in [1.165, 1.54) is 94.6 Å². The van der Waals surface area contributed by atoms with Gasteiger partial charge >= 0.3 is 0 Å². The highest BCUT2D eigenvalue weighted by atomic mass is 15.1. The van der Waals surface area contributed by atoms with Gasteiger partial charge in [-0.05, 0) is 131 Å². The minimum absolute atomic E-state index is 0.560. The second-order valence-electron chi connectivity index (χ2n) is 19.9. The molecule has 1 heteroatoms. The van der Waals surface area contributed by atoms with Crippen LogP contribution < -0.4 is 4.90 Å². The van der Waals surface area contributed by atoms with Crippen LogP contribution in [0.4, 0.5) is 17.1 Å². The van der Waals surface area contributed by atoms with Gasteiger partial charge in [0.15, 0.2) is 0 Å². The average molecular weight is 954 g/mol. The Balaban J connectivity index is 1.02. The molecule has 0 spiro atoms. The number of para-hydroxylation sites is 1. The van der Waals surface area contributed by atoms with Crippen molar-refractivity contribution in [2.45, 2.75) is 10.8 Å². The number of nitrogens with zero attached hydrogens (tertiary/aromatic N) is 1. The van der Waals surface area contributed by atoms with Gasteiger partial charge in [0.05, 0.1) is 16.5 Å². The molecule has 75 heavy (non-hydrogen) atoms. The molecule has 0 aromatic heterocycles. The second kappa shape index (κ2) is 18.2. The Hall–Kier alpha value is -9.56. The van der Waals surface area contributed by atoms with E-state index in [0.29, 0.717) is 0 Å². The molecule has 0 heterocycles. The Morgan fingerprint density at radius 1 is 0.213 bits per heavy atom. The highest BCUT2D eigenvalue weighted by Gasteiger charge is 2.48. The summed E-state index contributed by atoms with van der Waals surface area (Å²) in [6.07, 6.45) is 0.